The maximum absolute atomic E-state index is 12.1. The van der Waals surface area contributed by atoms with Gasteiger partial charge in [0, 0.05) is 6.42 Å². The highest BCUT2D eigenvalue weighted by Gasteiger charge is 2.33. The number of ketones is 1. The fourth-order valence-electron chi connectivity index (χ4n) is 2.77. The summed E-state index contributed by atoms with van der Waals surface area (Å²) in [7, 11) is 0. The number of hydrogen-bond acceptors (Lipinski definition) is 4. The van der Waals surface area contributed by atoms with Gasteiger partial charge in [0.1, 0.15) is 5.76 Å². The van der Waals surface area contributed by atoms with E-state index in [4.69, 9.17) is 5.21 Å². The molecule has 0 spiro atoms. The lowest BCUT2D eigenvalue weighted by molar-refractivity contribution is -0.113. The molecule has 0 bridgehead atoms. The standard InChI is InChI=1S/C15H17NO3/c1-8-4-9(2)13(10(3)5-8)14-12(17)6-11(7-16-19)15(14)18/h4-5,7,11,18-19H,6H2,1-3H3/b16-7+. The van der Waals surface area contributed by atoms with E-state index in [1.807, 2.05) is 32.9 Å². The molecule has 0 heterocycles. The monoisotopic (exact) mass is 259 g/mol. The van der Waals surface area contributed by atoms with E-state index in [2.05, 4.69) is 5.16 Å². The van der Waals surface area contributed by atoms with Crippen molar-refractivity contribution < 1.29 is 15.1 Å². The highest BCUT2D eigenvalue weighted by atomic mass is 16.4. The first-order valence-corrected chi connectivity index (χ1v) is 6.17. The van der Waals surface area contributed by atoms with E-state index in [0.717, 1.165) is 22.3 Å². The maximum atomic E-state index is 12.1. The predicted molar refractivity (Wildman–Crippen MR) is 73.6 cm³/mol. The molecule has 0 saturated heterocycles. The van der Waals surface area contributed by atoms with E-state index in [0.29, 0.717) is 5.57 Å². The molecule has 0 aromatic heterocycles. The number of rotatable bonds is 2. The van der Waals surface area contributed by atoms with Crippen LogP contribution in [0.4, 0.5) is 0 Å². The number of Topliss-reactive ketones (excluding diaryl/α,β-unsaturated/α-hetero) is 1. The topological polar surface area (TPSA) is 69.9 Å². The van der Waals surface area contributed by atoms with E-state index in [9.17, 15) is 9.90 Å². The molecule has 19 heavy (non-hydrogen) atoms. The molecule has 4 nitrogen and oxygen atoms in total. The van der Waals surface area contributed by atoms with Gasteiger partial charge in [-0.05, 0) is 37.5 Å². The second kappa shape index (κ2) is 4.88. The summed E-state index contributed by atoms with van der Waals surface area (Å²) < 4.78 is 0. The van der Waals surface area contributed by atoms with Gasteiger partial charge in [-0.2, -0.15) is 0 Å². The zero-order valence-corrected chi connectivity index (χ0v) is 11.3. The number of carbonyl (C=O) groups is 1. The van der Waals surface area contributed by atoms with Crippen molar-refractivity contribution in [3.63, 3.8) is 0 Å². The number of nitrogens with zero attached hydrogens (tertiary/aromatic N) is 1. The number of allylic oxidation sites excluding steroid dienone is 2. The third-order valence-corrected chi connectivity index (χ3v) is 3.47. The Labute approximate surface area is 112 Å². The largest absolute Gasteiger partial charge is 0.511 e. The fraction of sp³-hybridized carbons (Fsp3) is 0.333. The molecule has 0 aliphatic heterocycles. The minimum Gasteiger partial charge on any atom is -0.511 e. The van der Waals surface area contributed by atoms with Gasteiger partial charge in [-0.1, -0.05) is 17.7 Å². The van der Waals surface area contributed by atoms with E-state index < -0.39 is 5.92 Å². The SMILES string of the molecule is Cc1cc(C)c(C2=C(O)C(/C=N/O)CC2=O)c(C)c1. The number of hydrogen-bond donors (Lipinski definition) is 2. The van der Waals surface area contributed by atoms with Crippen molar-refractivity contribution in [3.05, 3.63) is 40.1 Å². The van der Waals surface area contributed by atoms with Crippen LogP contribution in [-0.4, -0.2) is 22.3 Å². The van der Waals surface area contributed by atoms with Gasteiger partial charge in [0.25, 0.3) is 0 Å². The zero-order valence-electron chi connectivity index (χ0n) is 11.3. The number of carbonyl (C=O) groups excluding carboxylic acids is 1. The zero-order chi connectivity index (χ0) is 14.2. The molecule has 0 radical (unpaired) electrons. The summed E-state index contributed by atoms with van der Waals surface area (Å²) in [6.07, 6.45) is 1.34. The molecule has 0 fully saturated rings. The van der Waals surface area contributed by atoms with Crippen LogP contribution in [0.15, 0.2) is 23.0 Å². The normalized spacial score (nSPS) is 19.7. The Kier molecular flexibility index (Phi) is 3.42. The molecule has 4 heteroatoms. The van der Waals surface area contributed by atoms with Crippen molar-refractivity contribution in [1.82, 2.24) is 0 Å². The highest BCUT2D eigenvalue weighted by molar-refractivity contribution is 6.25. The van der Waals surface area contributed by atoms with E-state index in [1.54, 1.807) is 0 Å². The van der Waals surface area contributed by atoms with Crippen molar-refractivity contribution in [2.45, 2.75) is 27.2 Å². The molecule has 0 saturated carbocycles. The molecule has 1 unspecified atom stereocenters. The molecular formula is C15H17NO3. The van der Waals surface area contributed by atoms with Crippen LogP contribution in [0, 0.1) is 26.7 Å². The Morgan fingerprint density at radius 1 is 1.26 bits per heavy atom. The predicted octanol–water partition coefficient (Wildman–Crippen LogP) is 2.93. The number of oxime groups is 1. The molecule has 1 aromatic rings. The summed E-state index contributed by atoms with van der Waals surface area (Å²) in [5, 5.41) is 21.7. The Balaban J connectivity index is 2.61. The Morgan fingerprint density at radius 2 is 1.84 bits per heavy atom. The first-order valence-electron chi connectivity index (χ1n) is 6.17. The number of aliphatic hydroxyl groups is 1. The van der Waals surface area contributed by atoms with Crippen LogP contribution in [0.3, 0.4) is 0 Å². The molecule has 1 aromatic carbocycles. The van der Waals surface area contributed by atoms with Gasteiger partial charge in [0.2, 0.25) is 0 Å². The lowest BCUT2D eigenvalue weighted by atomic mass is 9.92. The molecular weight excluding hydrogens is 242 g/mol. The van der Waals surface area contributed by atoms with Crippen molar-refractivity contribution in [2.75, 3.05) is 0 Å². The van der Waals surface area contributed by atoms with Gasteiger partial charge in [0.15, 0.2) is 5.78 Å². The lowest BCUT2D eigenvalue weighted by Gasteiger charge is -2.12. The Hall–Kier alpha value is -2.10. The Bertz CT molecular complexity index is 576. The van der Waals surface area contributed by atoms with Crippen molar-refractivity contribution >= 4 is 17.6 Å². The van der Waals surface area contributed by atoms with E-state index >= 15 is 0 Å². The van der Waals surface area contributed by atoms with Gasteiger partial charge in [-0.15, -0.1) is 5.16 Å². The fourth-order valence-corrected chi connectivity index (χ4v) is 2.77. The Morgan fingerprint density at radius 3 is 2.37 bits per heavy atom. The van der Waals surface area contributed by atoms with Crippen LogP contribution in [0.25, 0.3) is 5.57 Å². The summed E-state index contributed by atoms with van der Waals surface area (Å²) >= 11 is 0. The minimum atomic E-state index is -0.521. The summed E-state index contributed by atoms with van der Waals surface area (Å²) in [6, 6.07) is 3.98. The third-order valence-electron chi connectivity index (χ3n) is 3.47. The highest BCUT2D eigenvalue weighted by Crippen LogP contribution is 2.36. The first kappa shape index (κ1) is 13.3. The van der Waals surface area contributed by atoms with Crippen molar-refractivity contribution in [2.24, 2.45) is 11.1 Å². The molecule has 0 amide bonds. The van der Waals surface area contributed by atoms with Gasteiger partial charge >= 0.3 is 0 Å². The third kappa shape index (κ3) is 2.26. The maximum Gasteiger partial charge on any atom is 0.167 e. The van der Waals surface area contributed by atoms with Gasteiger partial charge < -0.3 is 10.3 Å². The molecule has 2 rings (SSSR count). The average Bonchev–Trinajstić information content (AvgIpc) is 2.56. The summed E-state index contributed by atoms with van der Waals surface area (Å²) in [5.74, 6) is -0.636. The van der Waals surface area contributed by atoms with Crippen LogP contribution in [0.1, 0.15) is 28.7 Å². The molecule has 1 aliphatic rings. The van der Waals surface area contributed by atoms with Crippen LogP contribution < -0.4 is 0 Å². The smallest absolute Gasteiger partial charge is 0.167 e. The van der Waals surface area contributed by atoms with Gasteiger partial charge in [-0.3, -0.25) is 4.79 Å². The van der Waals surface area contributed by atoms with Crippen LogP contribution in [0.5, 0.6) is 0 Å². The van der Waals surface area contributed by atoms with Crippen LogP contribution in [0.2, 0.25) is 0 Å². The number of aryl methyl sites for hydroxylation is 3. The van der Waals surface area contributed by atoms with Crippen LogP contribution in [-0.2, 0) is 4.79 Å². The summed E-state index contributed by atoms with van der Waals surface area (Å²) in [6.45, 7) is 5.85. The lowest BCUT2D eigenvalue weighted by Crippen LogP contribution is -2.02. The van der Waals surface area contributed by atoms with Gasteiger partial charge in [-0.25, -0.2) is 0 Å². The summed E-state index contributed by atoms with van der Waals surface area (Å²) in [4.78, 5) is 12.1. The number of aliphatic hydroxyl groups excluding tert-OH is 1. The molecule has 1 atom stereocenters. The van der Waals surface area contributed by atoms with Crippen molar-refractivity contribution in [1.29, 1.82) is 0 Å². The van der Waals surface area contributed by atoms with Crippen LogP contribution >= 0.6 is 0 Å². The van der Waals surface area contributed by atoms with E-state index in [-0.39, 0.29) is 18.0 Å². The second-order valence-corrected chi connectivity index (χ2v) is 5.03. The molecule has 1 aliphatic carbocycles. The quantitative estimate of drug-likeness (QED) is 0.487. The van der Waals surface area contributed by atoms with Crippen molar-refractivity contribution in [3.8, 4) is 0 Å². The average molecular weight is 259 g/mol. The second-order valence-electron chi connectivity index (χ2n) is 5.03. The molecule has 100 valence electrons. The molecule has 2 N–H and O–H groups in total. The van der Waals surface area contributed by atoms with Gasteiger partial charge in [0.05, 0.1) is 17.7 Å². The van der Waals surface area contributed by atoms with E-state index in [1.165, 1.54) is 6.21 Å². The minimum absolute atomic E-state index is 0.00199. The summed E-state index contributed by atoms with van der Waals surface area (Å²) in [5.41, 5.74) is 4.21. The number of benzene rings is 1. The first-order chi connectivity index (χ1) is 8.95.